The van der Waals surface area contributed by atoms with Gasteiger partial charge in [-0.15, -0.1) is 0 Å². The summed E-state index contributed by atoms with van der Waals surface area (Å²) < 4.78 is 5.72. The second-order valence-corrected chi connectivity index (χ2v) is 7.15. The number of ether oxygens (including phenoxy) is 1. The average molecular weight is 388 g/mol. The van der Waals surface area contributed by atoms with E-state index in [-0.39, 0.29) is 17.7 Å². The first-order valence-electron chi connectivity index (χ1n) is 8.30. The first kappa shape index (κ1) is 18.5. The molecule has 1 fully saturated rings. The van der Waals surface area contributed by atoms with Gasteiger partial charge < -0.3 is 4.74 Å². The second kappa shape index (κ2) is 8.43. The van der Waals surface area contributed by atoms with Gasteiger partial charge >= 0.3 is 0 Å². The predicted molar refractivity (Wildman–Crippen MR) is 105 cm³/mol. The van der Waals surface area contributed by atoms with Crippen LogP contribution in [0.1, 0.15) is 24.5 Å². The Balaban J connectivity index is 1.83. The summed E-state index contributed by atoms with van der Waals surface area (Å²) in [6, 6.07) is 14.7. The fourth-order valence-electron chi connectivity index (χ4n) is 2.52. The van der Waals surface area contributed by atoms with E-state index in [9.17, 15) is 9.59 Å². The molecular formula is C20H18ClNO3S. The van der Waals surface area contributed by atoms with E-state index in [1.54, 1.807) is 12.1 Å². The van der Waals surface area contributed by atoms with E-state index in [0.717, 1.165) is 29.3 Å². The molecule has 1 aliphatic rings. The van der Waals surface area contributed by atoms with Crippen molar-refractivity contribution in [1.29, 1.82) is 0 Å². The average Bonchev–Trinajstić information content (AvgIpc) is 2.90. The number of hydrogen-bond acceptors (Lipinski definition) is 4. The SMILES string of the molecule is CCCOc1ccccc1/C=C1/SC(=O)N(Cc2ccccc2Cl)C1=O. The smallest absolute Gasteiger partial charge is 0.293 e. The third-order valence-corrected chi connectivity index (χ3v) is 5.10. The molecule has 1 aliphatic heterocycles. The highest BCUT2D eigenvalue weighted by atomic mass is 35.5. The Labute approximate surface area is 161 Å². The maximum absolute atomic E-state index is 12.7. The normalized spacial score (nSPS) is 15.8. The van der Waals surface area contributed by atoms with E-state index in [4.69, 9.17) is 16.3 Å². The molecule has 0 aliphatic carbocycles. The molecule has 134 valence electrons. The quantitative estimate of drug-likeness (QED) is 0.625. The summed E-state index contributed by atoms with van der Waals surface area (Å²) >= 11 is 7.08. The number of carbonyl (C=O) groups is 2. The van der Waals surface area contributed by atoms with Crippen molar-refractivity contribution in [1.82, 2.24) is 4.90 Å². The molecule has 0 aromatic heterocycles. The Morgan fingerprint density at radius 2 is 1.85 bits per heavy atom. The first-order valence-corrected chi connectivity index (χ1v) is 9.50. The van der Waals surface area contributed by atoms with E-state index in [2.05, 4.69) is 0 Å². The van der Waals surface area contributed by atoms with Crippen molar-refractivity contribution in [2.75, 3.05) is 6.61 Å². The first-order chi connectivity index (χ1) is 12.6. The zero-order chi connectivity index (χ0) is 18.5. The number of hydrogen-bond donors (Lipinski definition) is 0. The van der Waals surface area contributed by atoms with Gasteiger partial charge in [0.2, 0.25) is 0 Å². The summed E-state index contributed by atoms with van der Waals surface area (Å²) in [4.78, 5) is 26.6. The van der Waals surface area contributed by atoms with Gasteiger partial charge in [0, 0.05) is 10.6 Å². The molecule has 1 saturated heterocycles. The topological polar surface area (TPSA) is 46.6 Å². The largest absolute Gasteiger partial charge is 0.493 e. The lowest BCUT2D eigenvalue weighted by Crippen LogP contribution is -2.27. The molecule has 0 spiro atoms. The van der Waals surface area contributed by atoms with Crippen LogP contribution in [0.15, 0.2) is 53.4 Å². The third kappa shape index (κ3) is 4.11. The zero-order valence-electron chi connectivity index (χ0n) is 14.3. The van der Waals surface area contributed by atoms with Gasteiger partial charge in [0.05, 0.1) is 18.1 Å². The van der Waals surface area contributed by atoms with Crippen LogP contribution in [0.5, 0.6) is 5.75 Å². The van der Waals surface area contributed by atoms with E-state index in [0.29, 0.717) is 22.3 Å². The maximum Gasteiger partial charge on any atom is 0.293 e. The Bertz CT molecular complexity index is 866. The summed E-state index contributed by atoms with van der Waals surface area (Å²) in [5, 5.41) is 0.238. The van der Waals surface area contributed by atoms with Crippen LogP contribution in [0.3, 0.4) is 0 Å². The van der Waals surface area contributed by atoms with Crippen molar-refractivity contribution in [2.24, 2.45) is 0 Å². The zero-order valence-corrected chi connectivity index (χ0v) is 15.8. The van der Waals surface area contributed by atoms with Crippen molar-refractivity contribution in [3.63, 3.8) is 0 Å². The maximum atomic E-state index is 12.7. The van der Waals surface area contributed by atoms with Crippen LogP contribution >= 0.6 is 23.4 Å². The van der Waals surface area contributed by atoms with Gasteiger partial charge in [-0.25, -0.2) is 0 Å². The standard InChI is InChI=1S/C20H18ClNO3S/c1-2-11-25-17-10-6-4-7-14(17)12-18-19(23)22(20(24)26-18)13-15-8-3-5-9-16(15)21/h3-10,12H,2,11,13H2,1H3/b18-12+. The summed E-state index contributed by atoms with van der Waals surface area (Å²) in [7, 11) is 0. The Kier molecular flexibility index (Phi) is 6.01. The van der Waals surface area contributed by atoms with Crippen molar-refractivity contribution < 1.29 is 14.3 Å². The lowest BCUT2D eigenvalue weighted by Gasteiger charge is -2.13. The Hall–Kier alpha value is -2.24. The molecule has 26 heavy (non-hydrogen) atoms. The Morgan fingerprint density at radius 3 is 2.62 bits per heavy atom. The summed E-state index contributed by atoms with van der Waals surface area (Å²) in [6.45, 7) is 2.79. The van der Waals surface area contributed by atoms with Gasteiger partial charge in [-0.2, -0.15) is 0 Å². The predicted octanol–water partition coefficient (Wildman–Crippen LogP) is 5.37. The fourth-order valence-corrected chi connectivity index (χ4v) is 3.54. The molecule has 0 N–H and O–H groups in total. The van der Waals surface area contributed by atoms with Crippen molar-refractivity contribution in [3.05, 3.63) is 69.6 Å². The van der Waals surface area contributed by atoms with Crippen molar-refractivity contribution >= 4 is 40.6 Å². The van der Waals surface area contributed by atoms with Crippen LogP contribution in [-0.4, -0.2) is 22.7 Å². The van der Waals surface area contributed by atoms with Gasteiger partial charge in [-0.1, -0.05) is 54.9 Å². The van der Waals surface area contributed by atoms with Gasteiger partial charge in [0.15, 0.2) is 0 Å². The van der Waals surface area contributed by atoms with Crippen LogP contribution in [-0.2, 0) is 11.3 Å². The van der Waals surface area contributed by atoms with E-state index < -0.39 is 0 Å². The number of benzene rings is 2. The molecule has 0 bridgehead atoms. The molecule has 2 amide bonds. The second-order valence-electron chi connectivity index (χ2n) is 5.75. The minimum atomic E-state index is -0.315. The van der Waals surface area contributed by atoms with Crippen LogP contribution in [0.4, 0.5) is 4.79 Å². The number of halogens is 1. The number of amides is 2. The number of para-hydroxylation sites is 1. The summed E-state index contributed by atoms with van der Waals surface area (Å²) in [5.74, 6) is 0.387. The molecule has 0 radical (unpaired) electrons. The van der Waals surface area contributed by atoms with Crippen LogP contribution in [0.2, 0.25) is 5.02 Å². The lowest BCUT2D eigenvalue weighted by molar-refractivity contribution is -0.123. The molecule has 4 nitrogen and oxygen atoms in total. The molecule has 2 aromatic carbocycles. The minimum Gasteiger partial charge on any atom is -0.493 e. The minimum absolute atomic E-state index is 0.162. The van der Waals surface area contributed by atoms with E-state index >= 15 is 0 Å². The molecule has 2 aromatic rings. The van der Waals surface area contributed by atoms with Crippen molar-refractivity contribution in [2.45, 2.75) is 19.9 Å². The fraction of sp³-hybridized carbons (Fsp3) is 0.200. The number of imide groups is 1. The molecule has 0 atom stereocenters. The molecule has 0 saturated carbocycles. The van der Waals surface area contributed by atoms with E-state index in [1.165, 1.54) is 4.90 Å². The third-order valence-electron chi connectivity index (χ3n) is 3.83. The number of thioether (sulfide) groups is 1. The van der Waals surface area contributed by atoms with Gasteiger partial charge in [0.25, 0.3) is 11.1 Å². The molecular weight excluding hydrogens is 370 g/mol. The molecule has 3 rings (SSSR count). The van der Waals surface area contributed by atoms with Crippen molar-refractivity contribution in [3.8, 4) is 5.75 Å². The number of rotatable bonds is 6. The van der Waals surface area contributed by atoms with Gasteiger partial charge in [-0.3, -0.25) is 14.5 Å². The van der Waals surface area contributed by atoms with Gasteiger partial charge in [-0.05, 0) is 42.0 Å². The molecule has 6 heteroatoms. The van der Waals surface area contributed by atoms with Crippen LogP contribution in [0.25, 0.3) is 6.08 Å². The molecule has 0 unspecified atom stereocenters. The van der Waals surface area contributed by atoms with Crippen LogP contribution < -0.4 is 4.74 Å². The highest BCUT2D eigenvalue weighted by Gasteiger charge is 2.35. The summed E-state index contributed by atoms with van der Waals surface area (Å²) in [6.07, 6.45) is 2.60. The van der Waals surface area contributed by atoms with E-state index in [1.807, 2.05) is 49.4 Å². The van der Waals surface area contributed by atoms with Gasteiger partial charge in [0.1, 0.15) is 5.75 Å². The lowest BCUT2D eigenvalue weighted by atomic mass is 10.1. The highest BCUT2D eigenvalue weighted by molar-refractivity contribution is 8.18. The monoisotopic (exact) mass is 387 g/mol. The number of nitrogens with zero attached hydrogens (tertiary/aromatic N) is 1. The summed E-state index contributed by atoms with van der Waals surface area (Å²) in [5.41, 5.74) is 1.52. The highest BCUT2D eigenvalue weighted by Crippen LogP contribution is 2.35. The number of carbonyl (C=O) groups excluding carboxylic acids is 2. The van der Waals surface area contributed by atoms with Crippen LogP contribution in [0, 0.1) is 0 Å². The Morgan fingerprint density at radius 1 is 1.12 bits per heavy atom. The molecule has 1 heterocycles.